The molecule has 6 heteroatoms. The fourth-order valence-corrected chi connectivity index (χ4v) is 4.60. The molecule has 0 fully saturated rings. The Labute approximate surface area is 215 Å². The number of carbonyl (C=O) groups excluding carboxylic acids is 2. The van der Waals surface area contributed by atoms with Gasteiger partial charge in [-0.3, -0.25) is 9.59 Å². The largest absolute Gasteiger partial charge is 0.308 e. The summed E-state index contributed by atoms with van der Waals surface area (Å²) in [6, 6.07) is 26.0. The molecule has 0 saturated heterocycles. The van der Waals surface area contributed by atoms with Crippen molar-refractivity contribution in [2.45, 2.75) is 12.8 Å². The molecule has 36 heavy (non-hydrogen) atoms. The van der Waals surface area contributed by atoms with Gasteiger partial charge < -0.3 is 10.2 Å². The number of carbonyl (C=O) groups is 2. The van der Waals surface area contributed by atoms with Crippen LogP contribution in [0.5, 0.6) is 0 Å². The molecule has 0 aliphatic carbocycles. The molecule has 0 unspecified atom stereocenters. The zero-order chi connectivity index (χ0) is 25.1. The molecule has 178 valence electrons. The van der Waals surface area contributed by atoms with Gasteiger partial charge in [0.2, 0.25) is 0 Å². The molecule has 1 aliphatic heterocycles. The Morgan fingerprint density at radius 1 is 0.917 bits per heavy atom. The first-order valence-corrected chi connectivity index (χ1v) is 12.1. The molecule has 1 aromatic heterocycles. The summed E-state index contributed by atoms with van der Waals surface area (Å²) < 4.78 is 0. The summed E-state index contributed by atoms with van der Waals surface area (Å²) in [5.41, 5.74) is 5.43. The number of nitrogens with zero attached hydrogens (tertiary/aromatic N) is 2. The van der Waals surface area contributed by atoms with Crippen LogP contribution in [-0.2, 0) is 0 Å². The first kappa shape index (κ1) is 23.5. The Bertz CT molecular complexity index is 1450. The standard InChI is InChI=1S/C30H24ClN3O2/c1-20-8-7-17-34(27-15-14-23(31)18-26(20)27)30(36)22-13-16-28(32-19-22)33-29(35)25-12-6-5-11-24(25)21-9-3-2-4-10-21/h2-6,9-16,18-19H,1,7-8,17H2,(H,32,33,35). The molecule has 0 bridgehead atoms. The van der Waals surface area contributed by atoms with Crippen molar-refractivity contribution in [1.29, 1.82) is 0 Å². The topological polar surface area (TPSA) is 62.3 Å². The van der Waals surface area contributed by atoms with Crippen LogP contribution in [0.4, 0.5) is 11.5 Å². The first-order valence-electron chi connectivity index (χ1n) is 11.7. The maximum Gasteiger partial charge on any atom is 0.259 e. The van der Waals surface area contributed by atoms with E-state index in [1.807, 2.05) is 60.7 Å². The third-order valence-electron chi connectivity index (χ3n) is 6.24. The van der Waals surface area contributed by atoms with Crippen molar-refractivity contribution in [2.24, 2.45) is 0 Å². The number of pyridine rings is 1. The molecule has 0 saturated carbocycles. The fourth-order valence-electron chi connectivity index (χ4n) is 4.43. The zero-order valence-electron chi connectivity index (χ0n) is 19.6. The van der Waals surface area contributed by atoms with E-state index in [1.54, 1.807) is 29.2 Å². The SMILES string of the molecule is C=C1CCCN(C(=O)c2ccc(NC(=O)c3ccccc3-c3ccccc3)nc2)c2ccc(Cl)cc21. The van der Waals surface area contributed by atoms with Crippen molar-refractivity contribution >= 4 is 40.5 Å². The number of rotatable bonds is 4. The zero-order valence-corrected chi connectivity index (χ0v) is 20.3. The quantitative estimate of drug-likeness (QED) is 0.329. The second-order valence-electron chi connectivity index (χ2n) is 8.62. The van der Waals surface area contributed by atoms with Crippen molar-refractivity contribution in [2.75, 3.05) is 16.8 Å². The summed E-state index contributed by atoms with van der Waals surface area (Å²) in [7, 11) is 0. The third kappa shape index (κ3) is 4.79. The van der Waals surface area contributed by atoms with Crippen LogP contribution in [0, 0.1) is 0 Å². The molecule has 1 aliphatic rings. The van der Waals surface area contributed by atoms with Crippen molar-refractivity contribution < 1.29 is 9.59 Å². The van der Waals surface area contributed by atoms with Crippen molar-refractivity contribution in [3.63, 3.8) is 0 Å². The lowest BCUT2D eigenvalue weighted by molar-refractivity contribution is 0.0985. The van der Waals surface area contributed by atoms with E-state index < -0.39 is 0 Å². The van der Waals surface area contributed by atoms with Gasteiger partial charge in [0.25, 0.3) is 11.8 Å². The highest BCUT2D eigenvalue weighted by atomic mass is 35.5. The summed E-state index contributed by atoms with van der Waals surface area (Å²) in [5, 5.41) is 3.46. The van der Waals surface area contributed by atoms with Gasteiger partial charge in [0, 0.05) is 28.9 Å². The minimum atomic E-state index is -0.266. The van der Waals surface area contributed by atoms with E-state index in [0.29, 0.717) is 28.5 Å². The van der Waals surface area contributed by atoms with Crippen LogP contribution in [-0.4, -0.2) is 23.3 Å². The molecule has 1 N–H and O–H groups in total. The normalized spacial score (nSPS) is 13.0. The smallest absolute Gasteiger partial charge is 0.259 e. The molecule has 5 nitrogen and oxygen atoms in total. The number of aromatic nitrogens is 1. The molecule has 4 aromatic rings. The number of hydrogen-bond donors (Lipinski definition) is 1. The van der Waals surface area contributed by atoms with E-state index in [4.69, 9.17) is 11.6 Å². The van der Waals surface area contributed by atoms with Crippen LogP contribution in [0.1, 0.15) is 39.1 Å². The van der Waals surface area contributed by atoms with Gasteiger partial charge in [0.05, 0.1) is 11.3 Å². The van der Waals surface area contributed by atoms with Gasteiger partial charge in [-0.2, -0.15) is 0 Å². The van der Waals surface area contributed by atoms with E-state index in [9.17, 15) is 9.59 Å². The number of fused-ring (bicyclic) bond motifs is 1. The van der Waals surface area contributed by atoms with Crippen molar-refractivity contribution in [3.8, 4) is 11.1 Å². The Morgan fingerprint density at radius 3 is 2.47 bits per heavy atom. The van der Waals surface area contributed by atoms with Gasteiger partial charge in [-0.15, -0.1) is 0 Å². The first-order chi connectivity index (χ1) is 17.5. The molecule has 2 heterocycles. The minimum Gasteiger partial charge on any atom is -0.308 e. The molecule has 3 aromatic carbocycles. The van der Waals surface area contributed by atoms with Gasteiger partial charge >= 0.3 is 0 Å². The minimum absolute atomic E-state index is 0.159. The number of benzene rings is 3. The van der Waals surface area contributed by atoms with Gasteiger partial charge in [-0.05, 0) is 65.9 Å². The molecular weight excluding hydrogens is 470 g/mol. The van der Waals surface area contributed by atoms with Gasteiger partial charge in [-0.1, -0.05) is 66.7 Å². The maximum absolute atomic E-state index is 13.4. The lowest BCUT2D eigenvalue weighted by Crippen LogP contribution is -2.31. The number of anilines is 2. The molecular formula is C30H24ClN3O2. The highest BCUT2D eigenvalue weighted by Crippen LogP contribution is 2.35. The number of hydrogen-bond acceptors (Lipinski definition) is 3. The molecule has 0 atom stereocenters. The van der Waals surface area contributed by atoms with Crippen LogP contribution >= 0.6 is 11.6 Å². The highest BCUT2D eigenvalue weighted by molar-refractivity contribution is 6.31. The predicted octanol–water partition coefficient (Wildman–Crippen LogP) is 7.11. The Kier molecular flexibility index (Phi) is 6.65. The van der Waals surface area contributed by atoms with Crippen LogP contribution < -0.4 is 10.2 Å². The monoisotopic (exact) mass is 493 g/mol. The lowest BCUT2D eigenvalue weighted by Gasteiger charge is -2.23. The average Bonchev–Trinajstić information content (AvgIpc) is 3.07. The second-order valence-corrected chi connectivity index (χ2v) is 9.06. The van der Waals surface area contributed by atoms with Gasteiger partial charge in [0.15, 0.2) is 0 Å². The van der Waals surface area contributed by atoms with Gasteiger partial charge in [-0.25, -0.2) is 4.98 Å². The van der Waals surface area contributed by atoms with Crippen LogP contribution in [0.3, 0.4) is 0 Å². The summed E-state index contributed by atoms with van der Waals surface area (Å²) in [6.45, 7) is 4.73. The fraction of sp³-hybridized carbons (Fsp3) is 0.100. The Balaban J connectivity index is 1.36. The molecule has 2 amide bonds. The molecule has 5 rings (SSSR count). The van der Waals surface area contributed by atoms with E-state index in [2.05, 4.69) is 16.9 Å². The summed E-state index contributed by atoms with van der Waals surface area (Å²) >= 11 is 6.20. The van der Waals surface area contributed by atoms with Crippen LogP contribution in [0.2, 0.25) is 5.02 Å². The van der Waals surface area contributed by atoms with E-state index in [1.165, 1.54) is 6.20 Å². The Hall–Kier alpha value is -4.22. The summed E-state index contributed by atoms with van der Waals surface area (Å²) in [4.78, 5) is 32.6. The Morgan fingerprint density at radius 2 is 1.69 bits per heavy atom. The maximum atomic E-state index is 13.4. The molecule has 0 radical (unpaired) electrons. The third-order valence-corrected chi connectivity index (χ3v) is 6.48. The predicted molar refractivity (Wildman–Crippen MR) is 145 cm³/mol. The van der Waals surface area contributed by atoms with E-state index in [0.717, 1.165) is 40.8 Å². The van der Waals surface area contributed by atoms with Crippen LogP contribution in [0.25, 0.3) is 16.7 Å². The van der Waals surface area contributed by atoms with Crippen molar-refractivity contribution in [3.05, 3.63) is 119 Å². The van der Waals surface area contributed by atoms with E-state index >= 15 is 0 Å². The average molecular weight is 494 g/mol. The lowest BCUT2D eigenvalue weighted by atomic mass is 9.99. The number of halogens is 1. The van der Waals surface area contributed by atoms with Crippen molar-refractivity contribution in [1.82, 2.24) is 4.98 Å². The van der Waals surface area contributed by atoms with Gasteiger partial charge in [0.1, 0.15) is 5.82 Å². The number of allylic oxidation sites excluding steroid dienone is 1. The number of amides is 2. The summed E-state index contributed by atoms with van der Waals surface area (Å²) in [6.07, 6.45) is 3.10. The highest BCUT2D eigenvalue weighted by Gasteiger charge is 2.24. The second kappa shape index (κ2) is 10.2. The molecule has 0 spiro atoms. The van der Waals surface area contributed by atoms with Crippen LogP contribution in [0.15, 0.2) is 97.7 Å². The van der Waals surface area contributed by atoms with E-state index in [-0.39, 0.29) is 11.8 Å². The summed E-state index contributed by atoms with van der Waals surface area (Å²) in [5.74, 6) is -0.0539. The number of nitrogens with one attached hydrogen (secondary N) is 1.